The fourth-order valence-corrected chi connectivity index (χ4v) is 2.21. The number of phenolic OH excluding ortho intramolecular Hbond substituents is 1. The van der Waals surface area contributed by atoms with Gasteiger partial charge in [0.2, 0.25) is 0 Å². The maximum absolute atomic E-state index is 9.55. The van der Waals surface area contributed by atoms with Gasteiger partial charge in [-0.05, 0) is 23.8 Å². The van der Waals surface area contributed by atoms with E-state index < -0.39 is 0 Å². The van der Waals surface area contributed by atoms with E-state index in [0.29, 0.717) is 5.02 Å². The molecule has 1 radical (unpaired) electrons. The number of hydrogen-bond acceptors (Lipinski definition) is 2. The van der Waals surface area contributed by atoms with Crippen molar-refractivity contribution in [3.05, 3.63) is 59.8 Å². The first-order chi connectivity index (χ1) is 8.75. The maximum Gasteiger partial charge on any atom is 0.116 e. The van der Waals surface area contributed by atoms with E-state index in [2.05, 4.69) is 11.1 Å². The van der Waals surface area contributed by atoms with Crippen LogP contribution in [0.3, 0.4) is 0 Å². The van der Waals surface area contributed by atoms with Gasteiger partial charge in [-0.25, -0.2) is 0 Å². The van der Waals surface area contributed by atoms with Crippen molar-refractivity contribution >= 4 is 22.5 Å². The van der Waals surface area contributed by atoms with Gasteiger partial charge in [0, 0.05) is 23.2 Å². The number of rotatable bonds is 1. The molecule has 0 atom stereocenters. The van der Waals surface area contributed by atoms with E-state index in [0.717, 1.165) is 22.0 Å². The molecule has 0 amide bonds. The number of pyridine rings is 1. The number of nitrogens with zero attached hydrogens (tertiary/aromatic N) is 1. The fraction of sp³-hybridized carbons (Fsp3) is 0. The maximum atomic E-state index is 9.55. The molecule has 0 aliphatic heterocycles. The molecule has 1 heterocycles. The molecule has 0 saturated carbocycles. The van der Waals surface area contributed by atoms with Gasteiger partial charge >= 0.3 is 0 Å². The molecule has 0 saturated heterocycles. The molecule has 0 fully saturated rings. The molecule has 2 aromatic carbocycles. The highest BCUT2D eigenvalue weighted by molar-refractivity contribution is 6.35. The minimum atomic E-state index is 0.230. The summed E-state index contributed by atoms with van der Waals surface area (Å²) in [6.45, 7) is 0. The molecule has 3 heteroatoms. The minimum absolute atomic E-state index is 0.230. The quantitative estimate of drug-likeness (QED) is 0.710. The summed E-state index contributed by atoms with van der Waals surface area (Å²) in [6, 6.07) is 15.8. The van der Waals surface area contributed by atoms with Crippen LogP contribution in [0.2, 0.25) is 5.02 Å². The smallest absolute Gasteiger partial charge is 0.116 e. The van der Waals surface area contributed by atoms with Crippen LogP contribution in [0.25, 0.3) is 22.0 Å². The van der Waals surface area contributed by atoms with Crippen LogP contribution in [0, 0.1) is 6.07 Å². The highest BCUT2D eigenvalue weighted by Crippen LogP contribution is 2.31. The monoisotopic (exact) mass is 254 g/mol. The van der Waals surface area contributed by atoms with Crippen LogP contribution in [0.1, 0.15) is 0 Å². The summed E-state index contributed by atoms with van der Waals surface area (Å²) in [5.41, 5.74) is 2.53. The Morgan fingerprint density at radius 3 is 2.78 bits per heavy atom. The Kier molecular flexibility index (Phi) is 2.65. The van der Waals surface area contributed by atoms with Gasteiger partial charge < -0.3 is 5.11 Å². The van der Waals surface area contributed by atoms with Gasteiger partial charge in [-0.15, -0.1) is 0 Å². The summed E-state index contributed by atoms with van der Waals surface area (Å²) in [5.74, 6) is 0.230. The number of hydrogen-bond donors (Lipinski definition) is 1. The summed E-state index contributed by atoms with van der Waals surface area (Å²) in [7, 11) is 0. The third kappa shape index (κ3) is 1.81. The zero-order valence-electron chi connectivity index (χ0n) is 9.39. The summed E-state index contributed by atoms with van der Waals surface area (Å²) >= 11 is 6.12. The van der Waals surface area contributed by atoms with E-state index in [-0.39, 0.29) is 5.75 Å². The summed E-state index contributed by atoms with van der Waals surface area (Å²) in [6.07, 6.45) is 1.60. The molecule has 1 N–H and O–H groups in total. The molecule has 0 unspecified atom stereocenters. The Hall–Kier alpha value is -2.06. The Balaban J connectivity index is 2.33. The van der Waals surface area contributed by atoms with Gasteiger partial charge in [-0.3, -0.25) is 4.98 Å². The lowest BCUT2D eigenvalue weighted by Gasteiger charge is -2.07. The van der Waals surface area contributed by atoms with Crippen molar-refractivity contribution in [1.82, 2.24) is 4.98 Å². The summed E-state index contributed by atoms with van der Waals surface area (Å²) in [4.78, 5) is 4.24. The van der Waals surface area contributed by atoms with Gasteiger partial charge in [0.15, 0.2) is 0 Å². The van der Waals surface area contributed by atoms with E-state index >= 15 is 0 Å². The van der Waals surface area contributed by atoms with Gasteiger partial charge in [0.25, 0.3) is 0 Å². The number of phenols is 1. The lowest BCUT2D eigenvalue weighted by Crippen LogP contribution is -1.85. The van der Waals surface area contributed by atoms with E-state index in [4.69, 9.17) is 11.6 Å². The van der Waals surface area contributed by atoms with E-state index in [1.165, 1.54) is 0 Å². The second-order valence-corrected chi connectivity index (χ2v) is 4.37. The van der Waals surface area contributed by atoms with E-state index in [1.807, 2.05) is 24.3 Å². The van der Waals surface area contributed by atoms with E-state index in [9.17, 15) is 5.11 Å². The number of para-hydroxylation sites is 1. The number of aromatic hydroxyl groups is 1. The Labute approximate surface area is 109 Å². The standard InChI is InChI=1S/C15H9ClNO/c16-14-6-2-5-13-12(7-8-17-15(13)14)10-3-1-4-11(18)9-10/h1-6,8-9,18H. The minimum Gasteiger partial charge on any atom is -0.508 e. The van der Waals surface area contributed by atoms with Gasteiger partial charge in [-0.2, -0.15) is 0 Å². The third-order valence-electron chi connectivity index (χ3n) is 2.79. The topological polar surface area (TPSA) is 33.1 Å². The van der Waals surface area contributed by atoms with Crippen molar-refractivity contribution in [1.29, 1.82) is 0 Å². The molecular formula is C15H9ClNO. The second kappa shape index (κ2) is 4.31. The normalized spacial score (nSPS) is 10.7. The SMILES string of the molecule is Oc1cccc(-c2[c]cnc3c(Cl)cccc23)c1. The fourth-order valence-electron chi connectivity index (χ4n) is 1.99. The van der Waals surface area contributed by atoms with Gasteiger partial charge in [0.05, 0.1) is 10.5 Å². The number of halogens is 1. The molecular weight excluding hydrogens is 246 g/mol. The number of fused-ring (bicyclic) bond motifs is 1. The Morgan fingerprint density at radius 2 is 1.94 bits per heavy atom. The average Bonchev–Trinajstić information content (AvgIpc) is 2.39. The van der Waals surface area contributed by atoms with Crippen LogP contribution < -0.4 is 0 Å². The highest BCUT2D eigenvalue weighted by atomic mass is 35.5. The molecule has 0 aliphatic rings. The molecule has 2 nitrogen and oxygen atoms in total. The van der Waals surface area contributed by atoms with Crippen molar-refractivity contribution in [2.24, 2.45) is 0 Å². The molecule has 0 bridgehead atoms. The highest BCUT2D eigenvalue weighted by Gasteiger charge is 2.07. The van der Waals surface area contributed by atoms with Crippen LogP contribution in [-0.2, 0) is 0 Å². The van der Waals surface area contributed by atoms with Crippen molar-refractivity contribution in [3.63, 3.8) is 0 Å². The molecule has 18 heavy (non-hydrogen) atoms. The van der Waals surface area contributed by atoms with Crippen LogP contribution in [0.15, 0.2) is 48.7 Å². The predicted octanol–water partition coefficient (Wildman–Crippen LogP) is 4.06. The van der Waals surface area contributed by atoms with Crippen molar-refractivity contribution in [2.75, 3.05) is 0 Å². The first kappa shape index (κ1) is 11.1. The zero-order chi connectivity index (χ0) is 12.5. The molecule has 87 valence electrons. The molecule has 0 aliphatic carbocycles. The van der Waals surface area contributed by atoms with Crippen LogP contribution >= 0.6 is 11.6 Å². The third-order valence-corrected chi connectivity index (χ3v) is 3.10. The first-order valence-electron chi connectivity index (χ1n) is 5.50. The molecule has 0 spiro atoms. The average molecular weight is 255 g/mol. The Bertz CT molecular complexity index is 725. The van der Waals surface area contributed by atoms with Crippen LogP contribution in [0.4, 0.5) is 0 Å². The van der Waals surface area contributed by atoms with E-state index in [1.54, 1.807) is 24.4 Å². The first-order valence-corrected chi connectivity index (χ1v) is 5.88. The summed E-state index contributed by atoms with van der Waals surface area (Å²) in [5, 5.41) is 11.1. The lowest BCUT2D eigenvalue weighted by atomic mass is 10.0. The van der Waals surface area contributed by atoms with Crippen LogP contribution in [0.5, 0.6) is 5.75 Å². The van der Waals surface area contributed by atoms with Gasteiger partial charge in [0.1, 0.15) is 5.75 Å². The molecule has 3 aromatic rings. The number of aromatic nitrogens is 1. The largest absolute Gasteiger partial charge is 0.508 e. The Morgan fingerprint density at radius 1 is 1.11 bits per heavy atom. The second-order valence-electron chi connectivity index (χ2n) is 3.96. The van der Waals surface area contributed by atoms with Crippen molar-refractivity contribution in [2.45, 2.75) is 0 Å². The molecule has 3 rings (SSSR count). The zero-order valence-corrected chi connectivity index (χ0v) is 10.1. The number of benzene rings is 2. The summed E-state index contributed by atoms with van der Waals surface area (Å²) < 4.78 is 0. The van der Waals surface area contributed by atoms with Crippen LogP contribution in [-0.4, -0.2) is 10.1 Å². The predicted molar refractivity (Wildman–Crippen MR) is 72.7 cm³/mol. The van der Waals surface area contributed by atoms with Gasteiger partial charge in [-0.1, -0.05) is 35.9 Å². The van der Waals surface area contributed by atoms with Crippen molar-refractivity contribution < 1.29 is 5.11 Å². The van der Waals surface area contributed by atoms with Crippen molar-refractivity contribution in [3.8, 4) is 16.9 Å². The molecule has 1 aromatic heterocycles. The lowest BCUT2D eigenvalue weighted by molar-refractivity contribution is 0.475.